The number of nitrogens with one attached hydrogen (secondary N) is 1. The number of primary amides is 1. The van der Waals surface area contributed by atoms with E-state index < -0.39 is 23.7 Å². The van der Waals surface area contributed by atoms with Crippen molar-refractivity contribution < 1.29 is 22.8 Å². The van der Waals surface area contributed by atoms with Gasteiger partial charge in [0.15, 0.2) is 5.69 Å². The summed E-state index contributed by atoms with van der Waals surface area (Å²) in [7, 11) is 1.25. The molecule has 10 heteroatoms. The molecular formula is C15H15F3N4O2S. The number of alkyl halides is 3. The average molecular weight is 372 g/mol. The fourth-order valence-electron chi connectivity index (χ4n) is 2.90. The highest BCUT2D eigenvalue weighted by molar-refractivity contribution is 7.17. The molecule has 0 aliphatic heterocycles. The van der Waals surface area contributed by atoms with E-state index in [1.807, 2.05) is 0 Å². The maximum atomic E-state index is 12.7. The van der Waals surface area contributed by atoms with Gasteiger partial charge in [-0.1, -0.05) is 0 Å². The van der Waals surface area contributed by atoms with E-state index in [0.717, 1.165) is 34.4 Å². The fraction of sp³-hybridized carbons (Fsp3) is 0.400. The van der Waals surface area contributed by atoms with Crippen LogP contribution in [0.25, 0.3) is 0 Å². The molecule has 0 spiro atoms. The van der Waals surface area contributed by atoms with Crippen molar-refractivity contribution in [2.24, 2.45) is 12.8 Å². The number of anilines is 1. The summed E-state index contributed by atoms with van der Waals surface area (Å²) in [5, 5.41) is 6.11. The highest BCUT2D eigenvalue weighted by Gasteiger charge is 2.35. The monoisotopic (exact) mass is 372 g/mol. The van der Waals surface area contributed by atoms with Crippen molar-refractivity contribution in [3.8, 4) is 0 Å². The van der Waals surface area contributed by atoms with Gasteiger partial charge >= 0.3 is 6.18 Å². The van der Waals surface area contributed by atoms with Gasteiger partial charge in [0.2, 0.25) is 0 Å². The quantitative estimate of drug-likeness (QED) is 0.868. The van der Waals surface area contributed by atoms with Crippen molar-refractivity contribution in [1.29, 1.82) is 0 Å². The van der Waals surface area contributed by atoms with Gasteiger partial charge in [0.05, 0.1) is 5.56 Å². The second-order valence-electron chi connectivity index (χ2n) is 5.77. The van der Waals surface area contributed by atoms with Crippen molar-refractivity contribution in [3.63, 3.8) is 0 Å². The maximum absolute atomic E-state index is 12.7. The number of aryl methyl sites for hydroxylation is 2. The summed E-state index contributed by atoms with van der Waals surface area (Å²) in [5.41, 5.74) is 5.12. The second-order valence-corrected chi connectivity index (χ2v) is 6.87. The van der Waals surface area contributed by atoms with Crippen LogP contribution in [-0.4, -0.2) is 21.6 Å². The lowest BCUT2D eigenvalue weighted by molar-refractivity contribution is -0.141. The molecule has 0 fully saturated rings. The molecule has 1 aliphatic carbocycles. The summed E-state index contributed by atoms with van der Waals surface area (Å²) < 4.78 is 39.0. The molecule has 2 heterocycles. The van der Waals surface area contributed by atoms with Crippen molar-refractivity contribution in [3.05, 3.63) is 33.5 Å². The molecule has 0 unspecified atom stereocenters. The molecule has 3 N–H and O–H groups in total. The number of carbonyl (C=O) groups is 2. The van der Waals surface area contributed by atoms with E-state index in [9.17, 15) is 22.8 Å². The van der Waals surface area contributed by atoms with Gasteiger partial charge in [-0.15, -0.1) is 11.3 Å². The topological polar surface area (TPSA) is 90.0 Å². The Morgan fingerprint density at radius 2 is 2.00 bits per heavy atom. The van der Waals surface area contributed by atoms with Crippen molar-refractivity contribution in [1.82, 2.24) is 9.78 Å². The molecule has 2 aromatic heterocycles. The lowest BCUT2D eigenvalue weighted by Gasteiger charge is -2.11. The molecule has 6 nitrogen and oxygen atoms in total. The Hall–Kier alpha value is -2.36. The van der Waals surface area contributed by atoms with Crippen LogP contribution in [0, 0.1) is 0 Å². The van der Waals surface area contributed by atoms with Crippen LogP contribution in [0.2, 0.25) is 0 Å². The van der Waals surface area contributed by atoms with E-state index in [4.69, 9.17) is 5.73 Å². The molecule has 0 atom stereocenters. The zero-order chi connectivity index (χ0) is 18.4. The first kappa shape index (κ1) is 17.5. The summed E-state index contributed by atoms with van der Waals surface area (Å²) in [6.07, 6.45) is -1.25. The Morgan fingerprint density at radius 3 is 2.60 bits per heavy atom. The van der Waals surface area contributed by atoms with Crippen LogP contribution in [0.5, 0.6) is 0 Å². The largest absolute Gasteiger partial charge is 0.435 e. The Bertz CT molecular complexity index is 854. The van der Waals surface area contributed by atoms with E-state index in [-0.39, 0.29) is 16.3 Å². The van der Waals surface area contributed by atoms with Gasteiger partial charge < -0.3 is 11.1 Å². The summed E-state index contributed by atoms with van der Waals surface area (Å²) in [6, 6.07) is 0.673. The number of rotatable bonds is 3. The molecule has 25 heavy (non-hydrogen) atoms. The lowest BCUT2D eigenvalue weighted by atomic mass is 9.95. The molecule has 0 saturated carbocycles. The second kappa shape index (κ2) is 6.17. The zero-order valence-electron chi connectivity index (χ0n) is 13.2. The Kier molecular flexibility index (Phi) is 4.31. The van der Waals surface area contributed by atoms with Crippen molar-refractivity contribution in [2.45, 2.75) is 31.9 Å². The third-order valence-electron chi connectivity index (χ3n) is 4.05. The SMILES string of the molecule is Cn1nc(C(F)(F)F)cc1C(=O)Nc1sc2c(c1C(N)=O)CCCC2. The van der Waals surface area contributed by atoms with E-state index in [1.54, 1.807) is 0 Å². The van der Waals surface area contributed by atoms with Gasteiger partial charge in [-0.2, -0.15) is 18.3 Å². The van der Waals surface area contributed by atoms with Crippen LogP contribution in [0.4, 0.5) is 18.2 Å². The lowest BCUT2D eigenvalue weighted by Crippen LogP contribution is -2.20. The summed E-state index contributed by atoms with van der Waals surface area (Å²) >= 11 is 1.25. The van der Waals surface area contributed by atoms with Gasteiger partial charge in [-0.25, -0.2) is 0 Å². The summed E-state index contributed by atoms with van der Waals surface area (Å²) in [5.74, 6) is -1.43. The van der Waals surface area contributed by atoms with Crippen molar-refractivity contribution >= 4 is 28.2 Å². The summed E-state index contributed by atoms with van der Waals surface area (Å²) in [6.45, 7) is 0. The first-order chi connectivity index (χ1) is 11.7. The minimum atomic E-state index is -4.64. The smallest absolute Gasteiger partial charge is 0.365 e. The predicted octanol–water partition coefficient (Wildman–Crippen LogP) is 2.73. The van der Waals surface area contributed by atoms with E-state index in [0.29, 0.717) is 12.5 Å². The van der Waals surface area contributed by atoms with E-state index >= 15 is 0 Å². The highest BCUT2D eigenvalue weighted by atomic mass is 32.1. The molecule has 2 aromatic rings. The molecule has 0 saturated heterocycles. The number of amides is 2. The Balaban J connectivity index is 1.93. The number of aromatic nitrogens is 2. The van der Waals surface area contributed by atoms with Crippen LogP contribution in [-0.2, 0) is 26.1 Å². The van der Waals surface area contributed by atoms with Crippen molar-refractivity contribution in [2.75, 3.05) is 5.32 Å². The zero-order valence-corrected chi connectivity index (χ0v) is 14.1. The molecule has 1 aliphatic rings. The van der Waals surface area contributed by atoms with E-state index in [2.05, 4.69) is 10.4 Å². The molecule has 3 rings (SSSR count). The fourth-order valence-corrected chi connectivity index (χ4v) is 4.19. The van der Waals surface area contributed by atoms with Gasteiger partial charge in [0, 0.05) is 18.0 Å². The number of halogens is 3. The molecular weight excluding hydrogens is 357 g/mol. The third-order valence-corrected chi connectivity index (χ3v) is 5.25. The Labute approximate surface area is 144 Å². The van der Waals surface area contributed by atoms with E-state index in [1.165, 1.54) is 18.4 Å². The number of nitrogens with zero attached hydrogens (tertiary/aromatic N) is 2. The number of hydrogen-bond acceptors (Lipinski definition) is 4. The first-order valence-corrected chi connectivity index (χ1v) is 8.37. The predicted molar refractivity (Wildman–Crippen MR) is 85.6 cm³/mol. The minimum Gasteiger partial charge on any atom is -0.365 e. The molecule has 134 valence electrons. The first-order valence-electron chi connectivity index (χ1n) is 7.55. The van der Waals surface area contributed by atoms with Crippen LogP contribution in [0.1, 0.15) is 49.8 Å². The highest BCUT2D eigenvalue weighted by Crippen LogP contribution is 2.38. The number of carbonyl (C=O) groups excluding carboxylic acids is 2. The van der Waals surface area contributed by atoms with Crippen LogP contribution in [0.15, 0.2) is 6.07 Å². The van der Waals surface area contributed by atoms with Gasteiger partial charge in [-0.3, -0.25) is 14.3 Å². The number of fused-ring (bicyclic) bond motifs is 1. The van der Waals surface area contributed by atoms with Gasteiger partial charge in [0.25, 0.3) is 11.8 Å². The normalized spacial score (nSPS) is 14.2. The molecule has 0 radical (unpaired) electrons. The average Bonchev–Trinajstić information content (AvgIpc) is 3.06. The minimum absolute atomic E-state index is 0.255. The molecule has 2 amide bonds. The van der Waals surface area contributed by atoms with Gasteiger partial charge in [-0.05, 0) is 31.2 Å². The Morgan fingerprint density at radius 1 is 1.32 bits per heavy atom. The van der Waals surface area contributed by atoms with Crippen LogP contribution < -0.4 is 11.1 Å². The third kappa shape index (κ3) is 3.26. The number of thiophene rings is 1. The maximum Gasteiger partial charge on any atom is 0.435 e. The van der Waals surface area contributed by atoms with Crippen LogP contribution in [0.3, 0.4) is 0 Å². The number of hydrogen-bond donors (Lipinski definition) is 2. The standard InChI is InChI=1S/C15H15F3N4O2S/c1-22-8(6-10(21-22)15(16,17)18)13(24)20-14-11(12(19)23)7-4-2-3-5-9(7)25-14/h6H,2-5H2,1H3,(H2,19,23)(H,20,24). The van der Waals surface area contributed by atoms with Crippen LogP contribution >= 0.6 is 11.3 Å². The number of nitrogens with two attached hydrogens (primary N) is 1. The summed E-state index contributed by atoms with van der Waals surface area (Å²) in [4.78, 5) is 25.1. The molecule has 0 bridgehead atoms. The van der Waals surface area contributed by atoms with Gasteiger partial charge in [0.1, 0.15) is 10.7 Å². The molecule has 0 aromatic carbocycles.